The Hall–Kier alpha value is -2.24. The fourth-order valence-corrected chi connectivity index (χ4v) is 3.57. The molecule has 0 radical (unpaired) electrons. The summed E-state index contributed by atoms with van der Waals surface area (Å²) < 4.78 is 5.76. The van der Waals surface area contributed by atoms with Crippen LogP contribution in [0, 0.1) is 0 Å². The summed E-state index contributed by atoms with van der Waals surface area (Å²) in [5, 5.41) is 2.97. The minimum atomic E-state index is -0.129. The van der Waals surface area contributed by atoms with E-state index >= 15 is 0 Å². The minimum absolute atomic E-state index is 0.0404. The largest absolute Gasteiger partial charge is 0.489 e. The lowest BCUT2D eigenvalue weighted by Gasteiger charge is -2.37. The van der Waals surface area contributed by atoms with Crippen molar-refractivity contribution in [1.82, 2.24) is 9.80 Å². The van der Waals surface area contributed by atoms with Gasteiger partial charge < -0.3 is 19.9 Å². The molecular weight excluding hydrogens is 318 g/mol. The lowest BCUT2D eigenvalue weighted by atomic mass is 10.0. The lowest BCUT2D eigenvalue weighted by molar-refractivity contribution is -0.130. The van der Waals surface area contributed by atoms with E-state index in [0.29, 0.717) is 24.4 Å². The van der Waals surface area contributed by atoms with Crippen molar-refractivity contribution in [1.29, 1.82) is 0 Å². The van der Waals surface area contributed by atoms with Gasteiger partial charge in [0, 0.05) is 32.1 Å². The second kappa shape index (κ2) is 7.76. The maximum atomic E-state index is 12.7. The number of ether oxygens (including phenoxy) is 1. The molecule has 2 heterocycles. The molecule has 1 N–H and O–H groups in total. The molecule has 3 amide bonds. The number of nitrogens with one attached hydrogen (secondary N) is 1. The van der Waals surface area contributed by atoms with Crippen molar-refractivity contribution >= 4 is 17.6 Å². The summed E-state index contributed by atoms with van der Waals surface area (Å²) in [6.45, 7) is 6.06. The summed E-state index contributed by atoms with van der Waals surface area (Å²) >= 11 is 0. The van der Waals surface area contributed by atoms with Gasteiger partial charge in [-0.2, -0.15) is 0 Å². The summed E-state index contributed by atoms with van der Waals surface area (Å²) in [7, 11) is 0. The predicted molar refractivity (Wildman–Crippen MR) is 96.8 cm³/mol. The van der Waals surface area contributed by atoms with Crippen molar-refractivity contribution in [3.63, 3.8) is 0 Å². The third kappa shape index (κ3) is 4.24. The molecule has 0 aliphatic carbocycles. The van der Waals surface area contributed by atoms with Gasteiger partial charge in [0.25, 0.3) is 0 Å². The van der Waals surface area contributed by atoms with Crippen LogP contribution < -0.4 is 10.1 Å². The van der Waals surface area contributed by atoms with Crippen LogP contribution >= 0.6 is 0 Å². The van der Waals surface area contributed by atoms with Gasteiger partial charge >= 0.3 is 6.03 Å². The number of para-hydroxylation sites is 2. The lowest BCUT2D eigenvalue weighted by Crippen LogP contribution is -2.51. The normalized spacial score (nSPS) is 20.9. The molecule has 1 aromatic rings. The van der Waals surface area contributed by atoms with E-state index in [4.69, 9.17) is 4.74 Å². The molecule has 6 heteroatoms. The van der Waals surface area contributed by atoms with Crippen LogP contribution in [0.4, 0.5) is 10.5 Å². The van der Waals surface area contributed by atoms with Crippen molar-refractivity contribution < 1.29 is 14.3 Å². The fourth-order valence-electron chi connectivity index (χ4n) is 3.57. The molecule has 2 aliphatic heterocycles. The third-order valence-corrected chi connectivity index (χ3v) is 4.73. The number of anilines is 1. The molecule has 1 atom stereocenters. The Balaban J connectivity index is 1.64. The monoisotopic (exact) mass is 345 g/mol. The maximum absolute atomic E-state index is 12.7. The summed E-state index contributed by atoms with van der Waals surface area (Å²) in [6.07, 6.45) is 3.51. The Morgan fingerprint density at radius 2 is 2.04 bits per heavy atom. The van der Waals surface area contributed by atoms with E-state index in [2.05, 4.69) is 5.32 Å². The first-order valence-electron chi connectivity index (χ1n) is 9.15. The van der Waals surface area contributed by atoms with Crippen LogP contribution in [0.5, 0.6) is 5.75 Å². The molecule has 0 saturated carbocycles. The molecule has 0 spiro atoms. The molecule has 0 bridgehead atoms. The average Bonchev–Trinajstić information content (AvgIpc) is 3.02. The number of hydrogen-bond donors (Lipinski definition) is 1. The highest BCUT2D eigenvalue weighted by Gasteiger charge is 2.32. The zero-order valence-corrected chi connectivity index (χ0v) is 15.0. The molecule has 6 nitrogen and oxygen atoms in total. The van der Waals surface area contributed by atoms with E-state index < -0.39 is 0 Å². The molecule has 25 heavy (non-hydrogen) atoms. The Bertz CT molecular complexity index is 632. The fraction of sp³-hybridized carbons (Fsp3) is 0.579. The van der Waals surface area contributed by atoms with Crippen LogP contribution in [0.25, 0.3) is 0 Å². The van der Waals surface area contributed by atoms with Gasteiger partial charge in [-0.25, -0.2) is 4.79 Å². The highest BCUT2D eigenvalue weighted by atomic mass is 16.5. The minimum Gasteiger partial charge on any atom is -0.489 e. The number of likely N-dealkylation sites (tertiary alicyclic amines) is 2. The van der Waals surface area contributed by atoms with Gasteiger partial charge in [-0.3, -0.25) is 4.79 Å². The van der Waals surface area contributed by atoms with E-state index in [-0.39, 0.29) is 24.1 Å². The van der Waals surface area contributed by atoms with E-state index in [1.54, 1.807) is 0 Å². The van der Waals surface area contributed by atoms with Gasteiger partial charge in [-0.15, -0.1) is 0 Å². The van der Waals surface area contributed by atoms with Gasteiger partial charge in [-0.05, 0) is 45.2 Å². The van der Waals surface area contributed by atoms with Crippen LogP contribution in [0.1, 0.15) is 39.5 Å². The number of carbonyl (C=O) groups is 2. The highest BCUT2D eigenvalue weighted by molar-refractivity contribution is 5.91. The van der Waals surface area contributed by atoms with E-state index in [1.165, 1.54) is 0 Å². The summed E-state index contributed by atoms with van der Waals surface area (Å²) in [4.78, 5) is 28.4. The molecule has 2 saturated heterocycles. The number of hydrogen-bond acceptors (Lipinski definition) is 3. The van der Waals surface area contributed by atoms with E-state index in [0.717, 1.165) is 32.4 Å². The van der Waals surface area contributed by atoms with Crippen LogP contribution in [-0.4, -0.2) is 53.5 Å². The Labute approximate surface area is 149 Å². The second-order valence-electron chi connectivity index (χ2n) is 7.03. The van der Waals surface area contributed by atoms with Gasteiger partial charge in [0.05, 0.1) is 11.8 Å². The summed E-state index contributed by atoms with van der Waals surface area (Å²) in [5.74, 6) is 0.900. The topological polar surface area (TPSA) is 61.9 Å². The first kappa shape index (κ1) is 17.6. The zero-order chi connectivity index (χ0) is 17.8. The van der Waals surface area contributed by atoms with Gasteiger partial charge in [0.1, 0.15) is 5.75 Å². The molecule has 0 unspecified atom stereocenters. The molecule has 2 fully saturated rings. The highest BCUT2D eigenvalue weighted by Crippen LogP contribution is 2.26. The second-order valence-corrected chi connectivity index (χ2v) is 7.03. The van der Waals surface area contributed by atoms with Crippen molar-refractivity contribution in [2.24, 2.45) is 0 Å². The van der Waals surface area contributed by atoms with Gasteiger partial charge in [0.15, 0.2) is 0 Å². The van der Waals surface area contributed by atoms with Crippen molar-refractivity contribution in [2.45, 2.75) is 51.7 Å². The van der Waals surface area contributed by atoms with E-state index in [9.17, 15) is 9.59 Å². The molecule has 136 valence electrons. The molecule has 3 rings (SSSR count). The van der Waals surface area contributed by atoms with Crippen molar-refractivity contribution in [2.75, 3.05) is 25.0 Å². The first-order chi connectivity index (χ1) is 12.0. The third-order valence-electron chi connectivity index (χ3n) is 4.73. The summed E-state index contributed by atoms with van der Waals surface area (Å²) in [5.41, 5.74) is 0.681. The Morgan fingerprint density at radius 1 is 1.24 bits per heavy atom. The zero-order valence-electron chi connectivity index (χ0n) is 15.0. The number of benzene rings is 1. The predicted octanol–water partition coefficient (Wildman–Crippen LogP) is 3.09. The molecule has 1 aromatic carbocycles. The first-order valence-corrected chi connectivity index (χ1v) is 9.15. The molecule has 0 aromatic heterocycles. The number of carbonyl (C=O) groups excluding carboxylic acids is 2. The Morgan fingerprint density at radius 3 is 2.76 bits per heavy atom. The standard InChI is InChI=1S/C19H27N3O3/c1-14(2)25-17-9-4-3-8-16(17)20-19(24)21-11-5-7-15(13-21)22-12-6-10-18(22)23/h3-4,8-9,14-15H,5-7,10-13H2,1-2H3,(H,20,24)/t15-/m0/s1. The Kier molecular flexibility index (Phi) is 5.46. The smallest absolute Gasteiger partial charge is 0.322 e. The SMILES string of the molecule is CC(C)Oc1ccccc1NC(=O)N1CCC[C@H](N2CCCC2=O)C1. The number of amides is 3. The molecule has 2 aliphatic rings. The number of urea groups is 1. The average molecular weight is 345 g/mol. The molecular formula is C19H27N3O3. The van der Waals surface area contributed by atoms with E-state index in [1.807, 2.05) is 47.9 Å². The number of nitrogens with zero attached hydrogens (tertiary/aromatic N) is 2. The quantitative estimate of drug-likeness (QED) is 0.912. The number of rotatable bonds is 4. The van der Waals surface area contributed by atoms with Crippen LogP contribution in [-0.2, 0) is 4.79 Å². The maximum Gasteiger partial charge on any atom is 0.322 e. The number of piperidine rings is 1. The van der Waals surface area contributed by atoms with Crippen LogP contribution in [0.15, 0.2) is 24.3 Å². The van der Waals surface area contributed by atoms with Crippen LogP contribution in [0.2, 0.25) is 0 Å². The van der Waals surface area contributed by atoms with Crippen LogP contribution in [0.3, 0.4) is 0 Å². The van der Waals surface area contributed by atoms with Gasteiger partial charge in [-0.1, -0.05) is 12.1 Å². The van der Waals surface area contributed by atoms with Crippen molar-refractivity contribution in [3.05, 3.63) is 24.3 Å². The van der Waals surface area contributed by atoms with Crippen molar-refractivity contribution in [3.8, 4) is 5.75 Å². The summed E-state index contributed by atoms with van der Waals surface area (Å²) in [6, 6.07) is 7.50. The van der Waals surface area contributed by atoms with Gasteiger partial charge in [0.2, 0.25) is 5.91 Å².